The van der Waals surface area contributed by atoms with Crippen LogP contribution in [0.3, 0.4) is 0 Å². The summed E-state index contributed by atoms with van der Waals surface area (Å²) in [6.07, 6.45) is 0. The highest BCUT2D eigenvalue weighted by Gasteiger charge is 2.14. The summed E-state index contributed by atoms with van der Waals surface area (Å²) < 4.78 is 38.8. The third-order valence-electron chi connectivity index (χ3n) is 4.27. The minimum Gasteiger partial charge on any atom is -0.493 e. The third kappa shape index (κ3) is 5.46. The predicted molar refractivity (Wildman–Crippen MR) is 112 cm³/mol. The van der Waals surface area contributed by atoms with E-state index >= 15 is 0 Å². The van der Waals surface area contributed by atoms with Gasteiger partial charge in [0.2, 0.25) is 0 Å². The molecule has 0 saturated carbocycles. The highest BCUT2D eigenvalue weighted by Crippen LogP contribution is 2.33. The Kier molecular flexibility index (Phi) is 8.15. The Labute approximate surface area is 179 Å². The number of methoxy groups -OCH3 is 1. The molecule has 0 atom stereocenters. The van der Waals surface area contributed by atoms with Gasteiger partial charge in [-0.1, -0.05) is 24.3 Å². The molecule has 0 fully saturated rings. The number of amides is 1. The number of rotatable bonds is 7. The average Bonchev–Trinajstić information content (AvgIpc) is 2.74. The molecule has 0 radical (unpaired) electrons. The lowest BCUT2D eigenvalue weighted by atomic mass is 10.1. The first kappa shape index (κ1) is 23.1. The number of nitrogens with one attached hydrogen (secondary N) is 1. The van der Waals surface area contributed by atoms with Crippen molar-refractivity contribution >= 4 is 18.3 Å². The molecule has 0 aliphatic rings. The van der Waals surface area contributed by atoms with Crippen LogP contribution in [0.5, 0.6) is 17.2 Å². The maximum Gasteiger partial charge on any atom is 0.251 e. The van der Waals surface area contributed by atoms with Crippen molar-refractivity contribution in [3.05, 3.63) is 89.0 Å². The SMILES string of the molecule is COc1ccc(C(=O)NCc2ccccc2F)cc1Oc1ccc(CN)cc1F.Cl. The number of nitrogens with two attached hydrogens (primary N) is 1. The van der Waals surface area contributed by atoms with Crippen molar-refractivity contribution in [3.63, 3.8) is 0 Å². The zero-order valence-electron chi connectivity index (χ0n) is 16.2. The van der Waals surface area contributed by atoms with Crippen molar-refractivity contribution in [2.45, 2.75) is 13.1 Å². The van der Waals surface area contributed by atoms with Gasteiger partial charge in [-0.25, -0.2) is 8.78 Å². The van der Waals surface area contributed by atoms with Gasteiger partial charge in [0.25, 0.3) is 5.91 Å². The molecule has 158 valence electrons. The lowest BCUT2D eigenvalue weighted by Crippen LogP contribution is -2.23. The largest absolute Gasteiger partial charge is 0.493 e. The number of benzene rings is 3. The molecule has 0 aliphatic carbocycles. The van der Waals surface area contributed by atoms with Crippen LogP contribution >= 0.6 is 12.4 Å². The van der Waals surface area contributed by atoms with Crippen LogP contribution in [0.1, 0.15) is 21.5 Å². The Morgan fingerprint density at radius 1 is 0.967 bits per heavy atom. The first-order chi connectivity index (χ1) is 14.0. The Hall–Kier alpha value is -3.16. The quantitative estimate of drug-likeness (QED) is 0.571. The molecule has 0 bridgehead atoms. The van der Waals surface area contributed by atoms with E-state index in [0.29, 0.717) is 16.9 Å². The second-order valence-electron chi connectivity index (χ2n) is 6.21. The summed E-state index contributed by atoms with van der Waals surface area (Å²) in [7, 11) is 1.44. The van der Waals surface area contributed by atoms with E-state index in [1.807, 2.05) is 0 Å². The molecule has 8 heteroatoms. The fourth-order valence-corrected chi connectivity index (χ4v) is 2.69. The van der Waals surface area contributed by atoms with Crippen molar-refractivity contribution < 1.29 is 23.0 Å². The van der Waals surface area contributed by atoms with Gasteiger partial charge in [0.15, 0.2) is 23.1 Å². The Morgan fingerprint density at radius 2 is 1.70 bits per heavy atom. The number of carbonyl (C=O) groups excluding carboxylic acids is 1. The molecule has 0 unspecified atom stereocenters. The number of hydrogen-bond acceptors (Lipinski definition) is 4. The fraction of sp³-hybridized carbons (Fsp3) is 0.136. The van der Waals surface area contributed by atoms with Gasteiger partial charge >= 0.3 is 0 Å². The van der Waals surface area contributed by atoms with Crippen molar-refractivity contribution in [1.29, 1.82) is 0 Å². The summed E-state index contributed by atoms with van der Waals surface area (Å²) >= 11 is 0. The number of hydrogen-bond donors (Lipinski definition) is 2. The molecule has 30 heavy (non-hydrogen) atoms. The lowest BCUT2D eigenvalue weighted by molar-refractivity contribution is 0.0950. The van der Waals surface area contributed by atoms with Gasteiger partial charge < -0.3 is 20.5 Å². The van der Waals surface area contributed by atoms with Crippen LogP contribution in [-0.4, -0.2) is 13.0 Å². The van der Waals surface area contributed by atoms with Gasteiger partial charge in [-0.2, -0.15) is 0 Å². The van der Waals surface area contributed by atoms with E-state index < -0.39 is 17.5 Å². The van der Waals surface area contributed by atoms with Crippen molar-refractivity contribution in [2.75, 3.05) is 7.11 Å². The molecule has 3 N–H and O–H groups in total. The number of ether oxygens (including phenoxy) is 2. The molecule has 5 nitrogen and oxygen atoms in total. The molecule has 0 aliphatic heterocycles. The van der Waals surface area contributed by atoms with Gasteiger partial charge in [0.1, 0.15) is 5.82 Å². The molecular weight excluding hydrogens is 414 g/mol. The molecule has 1 amide bonds. The summed E-state index contributed by atoms with van der Waals surface area (Å²) in [5, 5.41) is 2.65. The van der Waals surface area contributed by atoms with E-state index in [4.69, 9.17) is 15.2 Å². The molecule has 0 saturated heterocycles. The van der Waals surface area contributed by atoms with Crippen LogP contribution in [-0.2, 0) is 13.1 Å². The van der Waals surface area contributed by atoms with Crippen LogP contribution in [0, 0.1) is 11.6 Å². The second-order valence-corrected chi connectivity index (χ2v) is 6.21. The van der Waals surface area contributed by atoms with Crippen molar-refractivity contribution in [2.24, 2.45) is 5.73 Å². The summed E-state index contributed by atoms with van der Waals surface area (Å²) in [5.74, 6) is -0.931. The first-order valence-corrected chi connectivity index (χ1v) is 8.88. The molecule has 0 aromatic heterocycles. The minimum atomic E-state index is -0.579. The van der Waals surface area contributed by atoms with E-state index in [1.165, 1.54) is 37.4 Å². The van der Waals surface area contributed by atoms with E-state index in [0.717, 1.165) is 0 Å². The average molecular weight is 435 g/mol. The standard InChI is InChI=1S/C22H20F2N2O3.ClH/c1-28-20-9-7-15(22(27)26-13-16-4-2-3-5-17(16)23)11-21(20)29-19-8-6-14(12-25)10-18(19)24;/h2-11H,12-13,25H2,1H3,(H,26,27);1H. The van der Waals surface area contributed by atoms with E-state index in [1.54, 1.807) is 30.3 Å². The lowest BCUT2D eigenvalue weighted by Gasteiger charge is -2.13. The zero-order valence-corrected chi connectivity index (χ0v) is 17.0. The molecule has 0 spiro atoms. The van der Waals surface area contributed by atoms with E-state index in [9.17, 15) is 13.6 Å². The Morgan fingerprint density at radius 3 is 2.37 bits per heavy atom. The molecule has 3 aromatic rings. The number of carbonyl (C=O) groups is 1. The molecule has 0 heterocycles. The normalized spacial score (nSPS) is 10.1. The highest BCUT2D eigenvalue weighted by atomic mass is 35.5. The molecule has 3 rings (SSSR count). The van der Waals surface area contributed by atoms with Crippen molar-refractivity contribution in [3.8, 4) is 17.2 Å². The summed E-state index contributed by atoms with van der Waals surface area (Å²) in [6, 6.07) is 15.1. The van der Waals surface area contributed by atoms with Crippen LogP contribution in [0.15, 0.2) is 60.7 Å². The maximum absolute atomic E-state index is 14.2. The summed E-state index contributed by atoms with van der Waals surface area (Å²) in [5.41, 5.74) is 6.76. The van der Waals surface area contributed by atoms with Gasteiger partial charge in [0.05, 0.1) is 7.11 Å². The number of halogens is 3. The first-order valence-electron chi connectivity index (χ1n) is 8.88. The monoisotopic (exact) mass is 434 g/mol. The van der Waals surface area contributed by atoms with Crippen LogP contribution in [0.25, 0.3) is 0 Å². The summed E-state index contributed by atoms with van der Waals surface area (Å²) in [4.78, 5) is 12.5. The van der Waals surface area contributed by atoms with Gasteiger partial charge in [0, 0.05) is 24.2 Å². The molecular formula is C22H21ClF2N2O3. The van der Waals surface area contributed by atoms with Gasteiger partial charge in [-0.3, -0.25) is 4.79 Å². The van der Waals surface area contributed by atoms with Gasteiger partial charge in [-0.15, -0.1) is 12.4 Å². The second kappa shape index (κ2) is 10.6. The van der Waals surface area contributed by atoms with Crippen LogP contribution < -0.4 is 20.5 Å². The topological polar surface area (TPSA) is 73.6 Å². The van der Waals surface area contributed by atoms with Crippen LogP contribution in [0.4, 0.5) is 8.78 Å². The smallest absolute Gasteiger partial charge is 0.251 e. The van der Waals surface area contributed by atoms with E-state index in [2.05, 4.69) is 5.32 Å². The predicted octanol–water partition coefficient (Wildman–Crippen LogP) is 4.58. The minimum absolute atomic E-state index is 0. The molecule has 3 aromatic carbocycles. The van der Waals surface area contributed by atoms with Gasteiger partial charge in [-0.05, 0) is 42.0 Å². The van der Waals surface area contributed by atoms with Crippen LogP contribution in [0.2, 0.25) is 0 Å². The highest BCUT2D eigenvalue weighted by molar-refractivity contribution is 5.94. The Balaban J connectivity index is 0.00000320. The van der Waals surface area contributed by atoms with E-state index in [-0.39, 0.29) is 42.6 Å². The van der Waals surface area contributed by atoms with Crippen molar-refractivity contribution in [1.82, 2.24) is 5.32 Å². The summed E-state index contributed by atoms with van der Waals surface area (Å²) in [6.45, 7) is 0.237. The zero-order chi connectivity index (χ0) is 20.8. The third-order valence-corrected chi connectivity index (χ3v) is 4.27. The maximum atomic E-state index is 14.2. The fourth-order valence-electron chi connectivity index (χ4n) is 2.69. The Bertz CT molecular complexity index is 1030.